The van der Waals surface area contributed by atoms with E-state index in [1.807, 2.05) is 11.8 Å². The Balaban J connectivity index is 2.39. The van der Waals surface area contributed by atoms with Gasteiger partial charge in [-0.1, -0.05) is 36.8 Å². The first-order valence-electron chi connectivity index (χ1n) is 6.57. The lowest BCUT2D eigenvalue weighted by atomic mass is 10.2. The minimum Gasteiger partial charge on any atom is -0.389 e. The summed E-state index contributed by atoms with van der Waals surface area (Å²) >= 11 is 12.8. The molecule has 4 nitrogen and oxygen atoms in total. The van der Waals surface area contributed by atoms with E-state index >= 15 is 0 Å². The topological polar surface area (TPSA) is 63.4 Å². The van der Waals surface area contributed by atoms with Crippen molar-refractivity contribution in [3.8, 4) is 0 Å². The first kappa shape index (κ1) is 17.0. The number of halogens is 1. The molecule has 0 aliphatic carbocycles. The fraction of sp³-hybridized carbons (Fsp3) is 0.462. The van der Waals surface area contributed by atoms with Gasteiger partial charge in [0, 0.05) is 29.7 Å². The van der Waals surface area contributed by atoms with Gasteiger partial charge in [-0.3, -0.25) is 0 Å². The Morgan fingerprint density at radius 2 is 2.29 bits per heavy atom. The SMILES string of the molecule is CCC1CN(S(=O)(=O)c2cc(C(N)=S)ccc2Cl)CCS1. The monoisotopic (exact) mass is 364 g/mol. The van der Waals surface area contributed by atoms with Gasteiger partial charge in [0.2, 0.25) is 10.0 Å². The molecule has 21 heavy (non-hydrogen) atoms. The number of thiocarbonyl (C=S) groups is 1. The lowest BCUT2D eigenvalue weighted by molar-refractivity contribution is 0.416. The van der Waals surface area contributed by atoms with Gasteiger partial charge in [0.25, 0.3) is 0 Å². The lowest BCUT2D eigenvalue weighted by Gasteiger charge is -2.31. The number of nitrogens with two attached hydrogens (primary N) is 1. The molecule has 1 aliphatic heterocycles. The molecule has 0 saturated carbocycles. The predicted octanol–water partition coefficient (Wildman–Crippen LogP) is 2.49. The lowest BCUT2D eigenvalue weighted by Crippen LogP contribution is -2.41. The molecule has 0 amide bonds. The van der Waals surface area contributed by atoms with E-state index < -0.39 is 10.0 Å². The van der Waals surface area contributed by atoms with Crippen LogP contribution in [-0.4, -0.2) is 41.8 Å². The molecule has 1 aliphatic rings. The molecular weight excluding hydrogens is 348 g/mol. The van der Waals surface area contributed by atoms with E-state index in [1.54, 1.807) is 6.07 Å². The molecule has 1 unspecified atom stereocenters. The van der Waals surface area contributed by atoms with Crippen LogP contribution in [-0.2, 0) is 10.0 Å². The third-order valence-electron chi connectivity index (χ3n) is 3.39. The first-order chi connectivity index (χ1) is 9.86. The third-order valence-corrected chi connectivity index (χ3v) is 7.34. The van der Waals surface area contributed by atoms with Crippen molar-refractivity contribution < 1.29 is 8.42 Å². The van der Waals surface area contributed by atoms with Crippen molar-refractivity contribution in [1.29, 1.82) is 0 Å². The van der Waals surface area contributed by atoms with Crippen LogP contribution in [0.15, 0.2) is 23.1 Å². The van der Waals surface area contributed by atoms with Crippen LogP contribution in [0, 0.1) is 0 Å². The van der Waals surface area contributed by atoms with Crippen LogP contribution in [0.5, 0.6) is 0 Å². The van der Waals surface area contributed by atoms with Crippen molar-refractivity contribution in [3.63, 3.8) is 0 Å². The maximum absolute atomic E-state index is 12.8. The van der Waals surface area contributed by atoms with Crippen molar-refractivity contribution in [3.05, 3.63) is 28.8 Å². The van der Waals surface area contributed by atoms with Gasteiger partial charge in [0.1, 0.15) is 9.88 Å². The minimum atomic E-state index is -3.62. The smallest absolute Gasteiger partial charge is 0.244 e. The van der Waals surface area contributed by atoms with Gasteiger partial charge in [0.05, 0.1) is 5.02 Å². The fourth-order valence-electron chi connectivity index (χ4n) is 2.15. The molecule has 0 aromatic heterocycles. The second kappa shape index (κ2) is 6.83. The van der Waals surface area contributed by atoms with E-state index in [2.05, 4.69) is 6.92 Å². The molecule has 1 saturated heterocycles. The van der Waals surface area contributed by atoms with Crippen LogP contribution in [0.2, 0.25) is 5.02 Å². The van der Waals surface area contributed by atoms with Crippen molar-refractivity contribution in [2.75, 3.05) is 18.8 Å². The molecule has 8 heteroatoms. The summed E-state index contributed by atoms with van der Waals surface area (Å²) in [5.41, 5.74) is 6.08. The summed E-state index contributed by atoms with van der Waals surface area (Å²) < 4.78 is 27.1. The standard InChI is InChI=1S/C13H17ClN2O2S3/c1-2-10-8-16(5-6-20-10)21(17,18)12-7-9(13(15)19)3-4-11(12)14/h3-4,7,10H,2,5-6,8H2,1H3,(H2,15,19). The number of sulfonamides is 1. The van der Waals surface area contributed by atoms with E-state index in [0.717, 1.165) is 12.2 Å². The van der Waals surface area contributed by atoms with Crippen molar-refractivity contribution in [1.82, 2.24) is 4.31 Å². The number of nitrogens with zero attached hydrogens (tertiary/aromatic N) is 1. The molecule has 0 spiro atoms. The highest BCUT2D eigenvalue weighted by Gasteiger charge is 2.31. The Labute approximate surface area is 140 Å². The zero-order valence-corrected chi connectivity index (χ0v) is 14.8. The summed E-state index contributed by atoms with van der Waals surface area (Å²) in [5.74, 6) is 0.796. The third kappa shape index (κ3) is 3.71. The summed E-state index contributed by atoms with van der Waals surface area (Å²) in [6.07, 6.45) is 0.942. The summed E-state index contributed by atoms with van der Waals surface area (Å²) in [6, 6.07) is 4.62. The number of rotatable bonds is 4. The molecule has 116 valence electrons. The van der Waals surface area contributed by atoms with Gasteiger partial charge in [0.15, 0.2) is 0 Å². The van der Waals surface area contributed by atoms with E-state index in [-0.39, 0.29) is 14.9 Å². The maximum atomic E-state index is 12.8. The average molecular weight is 365 g/mol. The van der Waals surface area contributed by atoms with E-state index in [9.17, 15) is 8.42 Å². The molecule has 0 bridgehead atoms. The molecule has 1 fully saturated rings. The molecule has 2 rings (SSSR count). The Kier molecular flexibility index (Phi) is 5.54. The van der Waals surface area contributed by atoms with Crippen molar-refractivity contribution in [2.45, 2.75) is 23.5 Å². The van der Waals surface area contributed by atoms with E-state index in [4.69, 9.17) is 29.6 Å². The van der Waals surface area contributed by atoms with Crippen LogP contribution < -0.4 is 5.73 Å². The minimum absolute atomic E-state index is 0.0798. The summed E-state index contributed by atoms with van der Waals surface area (Å²) in [7, 11) is -3.62. The Bertz CT molecular complexity index is 649. The van der Waals surface area contributed by atoms with Crippen LogP contribution in [0.3, 0.4) is 0 Å². The van der Waals surface area contributed by atoms with Gasteiger partial charge in [-0.05, 0) is 18.6 Å². The van der Waals surface area contributed by atoms with Crippen LogP contribution in [0.4, 0.5) is 0 Å². The van der Waals surface area contributed by atoms with Crippen molar-refractivity contribution >= 4 is 50.6 Å². The fourth-order valence-corrected chi connectivity index (χ4v) is 5.65. The maximum Gasteiger partial charge on any atom is 0.244 e. The summed E-state index contributed by atoms with van der Waals surface area (Å²) in [4.78, 5) is 0.236. The molecule has 1 aromatic rings. The second-order valence-corrected chi connectivity index (χ2v) is 8.94. The Morgan fingerprint density at radius 1 is 1.57 bits per heavy atom. The summed E-state index contributed by atoms with van der Waals surface area (Å²) in [6.45, 7) is 3.07. The average Bonchev–Trinajstić information content (AvgIpc) is 2.47. The quantitative estimate of drug-likeness (QED) is 0.831. The van der Waals surface area contributed by atoms with Gasteiger partial charge >= 0.3 is 0 Å². The van der Waals surface area contributed by atoms with Crippen LogP contribution in [0.25, 0.3) is 0 Å². The Hall–Kier alpha value is -0.340. The highest BCUT2D eigenvalue weighted by molar-refractivity contribution is 8.00. The molecule has 1 heterocycles. The first-order valence-corrected chi connectivity index (χ1v) is 9.85. The number of benzene rings is 1. The van der Waals surface area contributed by atoms with Crippen molar-refractivity contribution in [2.24, 2.45) is 5.73 Å². The van der Waals surface area contributed by atoms with Gasteiger partial charge in [-0.25, -0.2) is 8.42 Å². The zero-order valence-electron chi connectivity index (χ0n) is 11.6. The number of thioether (sulfide) groups is 1. The van der Waals surface area contributed by atoms with Gasteiger partial charge < -0.3 is 5.73 Å². The second-order valence-electron chi connectivity index (χ2n) is 4.77. The number of hydrogen-bond donors (Lipinski definition) is 1. The predicted molar refractivity (Wildman–Crippen MR) is 92.6 cm³/mol. The Morgan fingerprint density at radius 3 is 2.90 bits per heavy atom. The highest BCUT2D eigenvalue weighted by Crippen LogP contribution is 2.30. The van der Waals surface area contributed by atoms with E-state index in [1.165, 1.54) is 16.4 Å². The molecule has 1 aromatic carbocycles. The molecule has 1 atom stereocenters. The highest BCUT2D eigenvalue weighted by atomic mass is 35.5. The molecular formula is C13H17ClN2O2S3. The molecule has 0 radical (unpaired) electrons. The van der Waals surface area contributed by atoms with Gasteiger partial charge in [-0.2, -0.15) is 16.1 Å². The van der Waals surface area contributed by atoms with Gasteiger partial charge in [-0.15, -0.1) is 0 Å². The number of hydrogen-bond acceptors (Lipinski definition) is 4. The summed E-state index contributed by atoms with van der Waals surface area (Å²) in [5, 5.41) is 0.521. The van der Waals surface area contributed by atoms with E-state index in [0.29, 0.717) is 23.9 Å². The normalized spacial score (nSPS) is 20.4. The largest absolute Gasteiger partial charge is 0.389 e. The van der Waals surface area contributed by atoms with Crippen LogP contribution in [0.1, 0.15) is 18.9 Å². The molecule has 2 N–H and O–H groups in total. The van der Waals surface area contributed by atoms with Crippen LogP contribution >= 0.6 is 35.6 Å². The zero-order chi connectivity index (χ0) is 15.6.